The van der Waals surface area contributed by atoms with Gasteiger partial charge in [0.25, 0.3) is 0 Å². The molecule has 0 spiro atoms. The predicted octanol–water partition coefficient (Wildman–Crippen LogP) is 2.66. The van der Waals surface area contributed by atoms with Crippen molar-refractivity contribution in [2.75, 3.05) is 13.1 Å². The Morgan fingerprint density at radius 2 is 1.83 bits per heavy atom. The van der Waals surface area contributed by atoms with E-state index >= 15 is 0 Å². The molecule has 0 unspecified atom stereocenters. The van der Waals surface area contributed by atoms with Crippen LogP contribution >= 0.6 is 0 Å². The van der Waals surface area contributed by atoms with Crippen LogP contribution in [-0.2, 0) is 17.9 Å². The first-order chi connectivity index (χ1) is 11.1. The van der Waals surface area contributed by atoms with Crippen LogP contribution in [0.5, 0.6) is 0 Å². The van der Waals surface area contributed by atoms with E-state index in [-0.39, 0.29) is 11.9 Å². The first-order valence-corrected chi connectivity index (χ1v) is 8.94. The third kappa shape index (κ3) is 5.63. The Balaban J connectivity index is 1.76. The number of hydrogen-bond acceptors (Lipinski definition) is 3. The maximum atomic E-state index is 12.0. The largest absolute Gasteiger partial charge is 0.352 e. The van der Waals surface area contributed by atoms with Gasteiger partial charge in [0.2, 0.25) is 5.91 Å². The number of amides is 1. The van der Waals surface area contributed by atoms with Crippen LogP contribution in [0.1, 0.15) is 50.7 Å². The smallest absolute Gasteiger partial charge is 0.220 e. The average molecular weight is 317 g/mol. The fourth-order valence-corrected chi connectivity index (χ4v) is 3.30. The van der Waals surface area contributed by atoms with E-state index in [1.165, 1.54) is 5.56 Å². The minimum atomic E-state index is 0.125. The van der Waals surface area contributed by atoms with E-state index in [0.29, 0.717) is 18.9 Å². The fraction of sp³-hybridized carbons (Fsp3) is 0.632. The third-order valence-electron chi connectivity index (χ3n) is 4.98. The second-order valence-electron chi connectivity index (χ2n) is 6.61. The monoisotopic (exact) mass is 317 g/mol. The Morgan fingerprint density at radius 1 is 1.17 bits per heavy atom. The first kappa shape index (κ1) is 18.0. The molecular weight excluding hydrogens is 286 g/mol. The zero-order chi connectivity index (χ0) is 16.7. The standard InChI is InChI=1S/C19H31N3O/c1-3-22(4-2)14-16-10-8-15(9-11-16)13-21-19(23)12-17-6-5-7-18(17)20/h8-11,17-18H,3-7,12-14,20H2,1-2H3,(H,21,23)/t17-,18+/m0/s1. The van der Waals surface area contributed by atoms with Crippen LogP contribution in [0.2, 0.25) is 0 Å². The summed E-state index contributed by atoms with van der Waals surface area (Å²) in [4.78, 5) is 14.4. The number of nitrogens with one attached hydrogen (secondary N) is 1. The highest BCUT2D eigenvalue weighted by molar-refractivity contribution is 5.76. The molecule has 0 bridgehead atoms. The summed E-state index contributed by atoms with van der Waals surface area (Å²) in [6, 6.07) is 8.75. The molecule has 3 N–H and O–H groups in total. The van der Waals surface area contributed by atoms with Crippen LogP contribution in [-0.4, -0.2) is 29.9 Å². The molecule has 1 fully saturated rings. The Morgan fingerprint density at radius 3 is 2.39 bits per heavy atom. The van der Waals surface area contributed by atoms with Crippen LogP contribution in [0.3, 0.4) is 0 Å². The minimum Gasteiger partial charge on any atom is -0.352 e. The van der Waals surface area contributed by atoms with Gasteiger partial charge in [-0.2, -0.15) is 0 Å². The first-order valence-electron chi connectivity index (χ1n) is 8.94. The number of carbonyl (C=O) groups excluding carboxylic acids is 1. The van der Waals surface area contributed by atoms with Gasteiger partial charge in [-0.15, -0.1) is 0 Å². The van der Waals surface area contributed by atoms with Crippen LogP contribution in [0, 0.1) is 5.92 Å². The topological polar surface area (TPSA) is 58.4 Å². The van der Waals surface area contributed by atoms with E-state index in [2.05, 4.69) is 48.3 Å². The molecule has 128 valence electrons. The zero-order valence-electron chi connectivity index (χ0n) is 14.6. The minimum absolute atomic E-state index is 0.125. The molecule has 2 atom stereocenters. The Bertz CT molecular complexity index is 482. The maximum Gasteiger partial charge on any atom is 0.220 e. The van der Waals surface area contributed by atoms with Gasteiger partial charge in [0, 0.05) is 25.6 Å². The van der Waals surface area contributed by atoms with Gasteiger partial charge >= 0.3 is 0 Å². The Hall–Kier alpha value is -1.39. The van der Waals surface area contributed by atoms with E-state index < -0.39 is 0 Å². The van der Waals surface area contributed by atoms with Gasteiger partial charge in [-0.05, 0) is 43.0 Å². The highest BCUT2D eigenvalue weighted by atomic mass is 16.1. The van der Waals surface area contributed by atoms with Gasteiger partial charge in [-0.1, -0.05) is 44.5 Å². The van der Waals surface area contributed by atoms with E-state index in [1.54, 1.807) is 0 Å². The summed E-state index contributed by atoms with van der Waals surface area (Å²) in [5, 5.41) is 3.02. The normalized spacial score (nSPS) is 20.9. The van der Waals surface area contributed by atoms with Crippen molar-refractivity contribution in [3.63, 3.8) is 0 Å². The van der Waals surface area contributed by atoms with E-state index in [4.69, 9.17) is 5.73 Å². The van der Waals surface area contributed by atoms with Crippen molar-refractivity contribution in [2.45, 2.75) is 58.7 Å². The van der Waals surface area contributed by atoms with Gasteiger partial charge < -0.3 is 11.1 Å². The molecule has 4 nitrogen and oxygen atoms in total. The molecule has 23 heavy (non-hydrogen) atoms. The lowest BCUT2D eigenvalue weighted by Gasteiger charge is -2.18. The fourth-order valence-electron chi connectivity index (χ4n) is 3.30. The third-order valence-corrected chi connectivity index (χ3v) is 4.98. The van der Waals surface area contributed by atoms with Crippen LogP contribution in [0.15, 0.2) is 24.3 Å². The second-order valence-corrected chi connectivity index (χ2v) is 6.61. The number of rotatable bonds is 8. The molecule has 0 radical (unpaired) electrons. The van der Waals surface area contributed by atoms with E-state index in [1.807, 2.05) is 0 Å². The van der Waals surface area contributed by atoms with Gasteiger partial charge in [0.05, 0.1) is 0 Å². The quantitative estimate of drug-likeness (QED) is 0.775. The number of nitrogens with two attached hydrogens (primary N) is 1. The van der Waals surface area contributed by atoms with Crippen LogP contribution < -0.4 is 11.1 Å². The summed E-state index contributed by atoms with van der Waals surface area (Å²) in [6.07, 6.45) is 3.88. The van der Waals surface area contributed by atoms with Crippen molar-refractivity contribution in [2.24, 2.45) is 11.7 Å². The molecule has 4 heteroatoms. The summed E-state index contributed by atoms with van der Waals surface area (Å²) in [5.74, 6) is 0.492. The van der Waals surface area contributed by atoms with E-state index in [9.17, 15) is 4.79 Å². The summed E-state index contributed by atoms with van der Waals surface area (Å²) in [6.45, 7) is 8.09. The van der Waals surface area contributed by atoms with Gasteiger partial charge in [-0.3, -0.25) is 9.69 Å². The van der Waals surface area contributed by atoms with Crippen molar-refractivity contribution in [3.05, 3.63) is 35.4 Å². The summed E-state index contributed by atoms with van der Waals surface area (Å²) in [5.41, 5.74) is 8.50. The number of benzene rings is 1. The Kier molecular flexibility index (Phi) is 7.06. The molecule has 1 amide bonds. The highest BCUT2D eigenvalue weighted by Gasteiger charge is 2.25. The molecule has 1 aliphatic rings. The second kappa shape index (κ2) is 9.04. The van der Waals surface area contributed by atoms with Crippen molar-refractivity contribution in [1.29, 1.82) is 0 Å². The number of hydrogen-bond donors (Lipinski definition) is 2. The molecule has 1 aliphatic carbocycles. The summed E-state index contributed by atoms with van der Waals surface area (Å²) < 4.78 is 0. The lowest BCUT2D eigenvalue weighted by Crippen LogP contribution is -2.31. The van der Waals surface area contributed by atoms with Crippen molar-refractivity contribution in [3.8, 4) is 0 Å². The lowest BCUT2D eigenvalue weighted by atomic mass is 10.00. The highest BCUT2D eigenvalue weighted by Crippen LogP contribution is 2.26. The zero-order valence-corrected chi connectivity index (χ0v) is 14.6. The molecule has 0 aliphatic heterocycles. The summed E-state index contributed by atoms with van der Waals surface area (Å²) >= 11 is 0. The average Bonchev–Trinajstić information content (AvgIpc) is 2.96. The molecule has 1 aromatic rings. The summed E-state index contributed by atoms with van der Waals surface area (Å²) in [7, 11) is 0. The maximum absolute atomic E-state index is 12.0. The molecule has 1 saturated carbocycles. The molecule has 0 heterocycles. The van der Waals surface area contributed by atoms with Gasteiger partial charge in [0.15, 0.2) is 0 Å². The SMILES string of the molecule is CCN(CC)Cc1ccc(CNC(=O)C[C@@H]2CCC[C@H]2N)cc1. The predicted molar refractivity (Wildman–Crippen MR) is 94.8 cm³/mol. The molecule has 0 aromatic heterocycles. The number of carbonyl (C=O) groups is 1. The van der Waals surface area contributed by atoms with E-state index in [0.717, 1.165) is 44.5 Å². The Labute approximate surface area is 140 Å². The van der Waals surface area contributed by atoms with Gasteiger partial charge in [-0.25, -0.2) is 0 Å². The van der Waals surface area contributed by atoms with Crippen LogP contribution in [0.4, 0.5) is 0 Å². The van der Waals surface area contributed by atoms with Gasteiger partial charge in [0.1, 0.15) is 0 Å². The molecule has 1 aromatic carbocycles. The number of nitrogens with zero attached hydrogens (tertiary/aromatic N) is 1. The molecule has 0 saturated heterocycles. The molecule has 2 rings (SSSR count). The lowest BCUT2D eigenvalue weighted by molar-refractivity contribution is -0.122. The molecular formula is C19H31N3O. The van der Waals surface area contributed by atoms with Crippen molar-refractivity contribution >= 4 is 5.91 Å². The van der Waals surface area contributed by atoms with Crippen molar-refractivity contribution < 1.29 is 4.79 Å². The van der Waals surface area contributed by atoms with Crippen LogP contribution in [0.25, 0.3) is 0 Å². The van der Waals surface area contributed by atoms with Crippen molar-refractivity contribution in [1.82, 2.24) is 10.2 Å².